The minimum atomic E-state index is -1.04. The molecule has 0 spiro atoms. The first-order valence-electron chi connectivity index (χ1n) is 13.4. The highest BCUT2D eigenvalue weighted by Crippen LogP contribution is 2.27. The van der Waals surface area contributed by atoms with Gasteiger partial charge in [0.05, 0.1) is 34.9 Å². The second kappa shape index (κ2) is 11.3. The minimum absolute atomic E-state index is 0.0102. The van der Waals surface area contributed by atoms with E-state index in [0.717, 1.165) is 18.6 Å². The molecule has 0 saturated carbocycles. The number of hydrogen-bond acceptors (Lipinski definition) is 5. The second-order valence-corrected chi connectivity index (χ2v) is 10.3. The minimum Gasteiger partial charge on any atom is -0.478 e. The van der Waals surface area contributed by atoms with E-state index in [0.29, 0.717) is 46.8 Å². The summed E-state index contributed by atoms with van der Waals surface area (Å²) in [7, 11) is 0. The van der Waals surface area contributed by atoms with Gasteiger partial charge in [-0.1, -0.05) is 18.2 Å². The van der Waals surface area contributed by atoms with Gasteiger partial charge in [0, 0.05) is 30.2 Å². The van der Waals surface area contributed by atoms with E-state index in [-0.39, 0.29) is 41.7 Å². The molecule has 3 aromatic carbocycles. The Morgan fingerprint density at radius 3 is 2.55 bits per heavy atom. The summed E-state index contributed by atoms with van der Waals surface area (Å²) in [5.41, 5.74) is 3.07. The quantitative estimate of drug-likeness (QED) is 0.217. The van der Waals surface area contributed by atoms with Crippen LogP contribution in [0.1, 0.15) is 39.3 Å². The third-order valence-electron chi connectivity index (χ3n) is 7.38. The van der Waals surface area contributed by atoms with Crippen molar-refractivity contribution in [2.24, 2.45) is 0 Å². The molecule has 5 aromatic rings. The number of carboxylic acid groups (broad SMARTS) is 1. The zero-order chi connectivity index (χ0) is 29.4. The topological polar surface area (TPSA) is 86.5 Å². The average molecular weight is 574 g/mol. The van der Waals surface area contributed by atoms with E-state index < -0.39 is 23.4 Å². The summed E-state index contributed by atoms with van der Waals surface area (Å²) < 4.78 is 56.6. The highest BCUT2D eigenvalue weighted by molar-refractivity contribution is 5.92. The molecule has 1 atom stereocenters. The number of fused-ring (bicyclic) bond motifs is 1. The SMILES string of the molecule is Cc1cc(F)c(COc2cccc(-c3ccc(Cc4nc5ccc(C(=O)O)cc5n4CC4CCO4)c(F)c3)n2)cc1F. The van der Waals surface area contributed by atoms with Gasteiger partial charge in [-0.25, -0.2) is 27.9 Å². The standard InChI is InChI=1S/C32H26F3N3O4/c1-18-11-25(34)22(13-24(18)33)17-42-31-4-2-3-27(37-31)20-6-5-19(26(35)12-20)15-30-36-28-8-7-21(32(39)40)14-29(28)38(30)16-23-9-10-41-23/h2-8,11-14,23H,9-10,15-17H2,1H3,(H,39,40). The number of carbonyl (C=O) groups is 1. The zero-order valence-corrected chi connectivity index (χ0v) is 22.6. The molecule has 1 N–H and O–H groups in total. The molecule has 214 valence electrons. The fourth-order valence-corrected chi connectivity index (χ4v) is 4.90. The largest absolute Gasteiger partial charge is 0.478 e. The number of halogens is 3. The molecular formula is C32H26F3N3O4. The molecule has 0 bridgehead atoms. The van der Waals surface area contributed by atoms with Crippen molar-refractivity contribution in [1.29, 1.82) is 0 Å². The van der Waals surface area contributed by atoms with Crippen molar-refractivity contribution >= 4 is 17.0 Å². The molecular weight excluding hydrogens is 547 g/mol. The first-order chi connectivity index (χ1) is 20.2. The molecule has 0 amide bonds. The van der Waals surface area contributed by atoms with Crippen LogP contribution in [0, 0.1) is 24.4 Å². The van der Waals surface area contributed by atoms with Crippen LogP contribution in [0.4, 0.5) is 13.2 Å². The number of carboxylic acids is 1. The zero-order valence-electron chi connectivity index (χ0n) is 22.6. The molecule has 1 saturated heterocycles. The molecule has 2 aromatic heterocycles. The van der Waals surface area contributed by atoms with Crippen molar-refractivity contribution in [2.45, 2.75) is 39.0 Å². The molecule has 0 radical (unpaired) electrons. The Morgan fingerprint density at radius 2 is 1.81 bits per heavy atom. The Bertz CT molecular complexity index is 1820. The van der Waals surface area contributed by atoms with E-state index in [4.69, 9.17) is 9.47 Å². The smallest absolute Gasteiger partial charge is 0.335 e. The Balaban J connectivity index is 1.23. The lowest BCUT2D eigenvalue weighted by atomic mass is 10.1. The van der Waals surface area contributed by atoms with Gasteiger partial charge in [-0.05, 0) is 66.9 Å². The third kappa shape index (κ3) is 5.58. The lowest BCUT2D eigenvalue weighted by Crippen LogP contribution is -2.31. The number of nitrogens with zero attached hydrogens (tertiary/aromatic N) is 3. The number of rotatable bonds is 9. The number of benzene rings is 3. The van der Waals surface area contributed by atoms with E-state index in [1.54, 1.807) is 42.5 Å². The molecule has 42 heavy (non-hydrogen) atoms. The fourth-order valence-electron chi connectivity index (χ4n) is 4.90. The number of aromatic carboxylic acids is 1. The second-order valence-electron chi connectivity index (χ2n) is 10.3. The molecule has 1 unspecified atom stereocenters. The Hall–Kier alpha value is -4.70. The monoisotopic (exact) mass is 573 g/mol. The van der Waals surface area contributed by atoms with Crippen molar-refractivity contribution in [3.05, 3.63) is 112 Å². The summed E-state index contributed by atoms with van der Waals surface area (Å²) in [6.45, 7) is 2.43. The van der Waals surface area contributed by atoms with Crippen LogP contribution in [0.2, 0.25) is 0 Å². The first kappa shape index (κ1) is 27.5. The molecule has 3 heterocycles. The van der Waals surface area contributed by atoms with E-state index in [1.807, 2.05) is 4.57 Å². The van der Waals surface area contributed by atoms with Gasteiger partial charge in [0.15, 0.2) is 0 Å². The van der Waals surface area contributed by atoms with Gasteiger partial charge in [0.1, 0.15) is 29.9 Å². The number of aromatic nitrogens is 3. The lowest BCUT2D eigenvalue weighted by Gasteiger charge is -2.27. The van der Waals surface area contributed by atoms with Crippen molar-refractivity contribution in [3.8, 4) is 17.1 Å². The van der Waals surface area contributed by atoms with Gasteiger partial charge in [0.2, 0.25) is 5.88 Å². The van der Waals surface area contributed by atoms with Crippen LogP contribution in [0.15, 0.2) is 66.7 Å². The van der Waals surface area contributed by atoms with Gasteiger partial charge in [-0.2, -0.15) is 0 Å². The highest BCUT2D eigenvalue weighted by Gasteiger charge is 2.23. The molecule has 10 heteroatoms. The van der Waals surface area contributed by atoms with Gasteiger partial charge in [-0.3, -0.25) is 0 Å². The summed E-state index contributed by atoms with van der Waals surface area (Å²) in [4.78, 5) is 20.6. The average Bonchev–Trinajstić information content (AvgIpc) is 3.29. The summed E-state index contributed by atoms with van der Waals surface area (Å²) >= 11 is 0. The van der Waals surface area contributed by atoms with Crippen molar-refractivity contribution < 1.29 is 32.5 Å². The Morgan fingerprint density at radius 1 is 1.00 bits per heavy atom. The molecule has 1 aliphatic heterocycles. The van der Waals surface area contributed by atoms with Crippen LogP contribution in [0.5, 0.6) is 5.88 Å². The molecule has 0 aliphatic carbocycles. The van der Waals surface area contributed by atoms with Crippen LogP contribution in [-0.4, -0.2) is 38.3 Å². The summed E-state index contributed by atoms with van der Waals surface area (Å²) in [6.07, 6.45) is 1.06. The van der Waals surface area contributed by atoms with Gasteiger partial charge in [0.25, 0.3) is 0 Å². The Kier molecular flexibility index (Phi) is 7.38. The van der Waals surface area contributed by atoms with Gasteiger partial charge < -0.3 is 19.1 Å². The van der Waals surface area contributed by atoms with E-state index >= 15 is 4.39 Å². The Labute approximate surface area is 239 Å². The lowest BCUT2D eigenvalue weighted by molar-refractivity contribution is -0.0589. The number of imidazole rings is 1. The number of aryl methyl sites for hydroxylation is 1. The van der Waals surface area contributed by atoms with Gasteiger partial charge in [-0.15, -0.1) is 0 Å². The van der Waals surface area contributed by atoms with E-state index in [2.05, 4.69) is 9.97 Å². The fraction of sp³-hybridized carbons (Fsp3) is 0.219. The number of pyridine rings is 1. The molecule has 1 aliphatic rings. The molecule has 1 fully saturated rings. The summed E-state index contributed by atoms with van der Waals surface area (Å²) in [5, 5.41) is 9.46. The predicted octanol–water partition coefficient (Wildman–Crippen LogP) is 6.48. The van der Waals surface area contributed by atoms with Crippen LogP contribution in [0.3, 0.4) is 0 Å². The van der Waals surface area contributed by atoms with Gasteiger partial charge >= 0.3 is 5.97 Å². The number of ether oxygens (including phenoxy) is 2. The molecule has 6 rings (SSSR count). The van der Waals surface area contributed by atoms with E-state index in [9.17, 15) is 18.7 Å². The van der Waals surface area contributed by atoms with Crippen LogP contribution in [0.25, 0.3) is 22.3 Å². The van der Waals surface area contributed by atoms with Crippen LogP contribution >= 0.6 is 0 Å². The van der Waals surface area contributed by atoms with Crippen molar-refractivity contribution in [1.82, 2.24) is 14.5 Å². The van der Waals surface area contributed by atoms with Crippen molar-refractivity contribution in [2.75, 3.05) is 6.61 Å². The maximum absolute atomic E-state index is 15.4. The summed E-state index contributed by atoms with van der Waals surface area (Å²) in [5.74, 6) is -1.80. The van der Waals surface area contributed by atoms with Crippen LogP contribution in [-0.2, 0) is 24.3 Å². The summed E-state index contributed by atoms with van der Waals surface area (Å²) in [6, 6.07) is 16.7. The first-order valence-corrected chi connectivity index (χ1v) is 13.4. The maximum atomic E-state index is 15.4. The van der Waals surface area contributed by atoms with E-state index in [1.165, 1.54) is 19.1 Å². The predicted molar refractivity (Wildman–Crippen MR) is 149 cm³/mol. The maximum Gasteiger partial charge on any atom is 0.335 e. The highest BCUT2D eigenvalue weighted by atomic mass is 19.1. The number of hydrogen-bond donors (Lipinski definition) is 1. The normalized spacial score (nSPS) is 14.6. The third-order valence-corrected chi connectivity index (χ3v) is 7.38. The molecule has 7 nitrogen and oxygen atoms in total. The van der Waals surface area contributed by atoms with Crippen LogP contribution < -0.4 is 4.74 Å². The van der Waals surface area contributed by atoms with Crippen molar-refractivity contribution in [3.63, 3.8) is 0 Å².